The summed E-state index contributed by atoms with van der Waals surface area (Å²) in [5.74, 6) is 0.282. The molecule has 0 radical (unpaired) electrons. The van der Waals surface area contributed by atoms with E-state index in [2.05, 4.69) is 4.98 Å². The Kier molecular flexibility index (Phi) is 2.79. The Hall–Kier alpha value is -2.09. The topological polar surface area (TPSA) is 33.1 Å². The Labute approximate surface area is 88.5 Å². The van der Waals surface area contributed by atoms with Crippen LogP contribution in [0.3, 0.4) is 0 Å². The standard InChI is InChI=1S/C13H11NO/c15-13-7-2-1-5-11(13)8-9-12-6-3-4-10-14-12/h1-10,15H/b9-8+. The average Bonchev–Trinajstić information content (AvgIpc) is 2.29. The third-order valence-electron chi connectivity index (χ3n) is 2.06. The number of para-hydroxylation sites is 1. The zero-order valence-corrected chi connectivity index (χ0v) is 8.17. The summed E-state index contributed by atoms with van der Waals surface area (Å²) in [7, 11) is 0. The molecule has 0 aliphatic rings. The van der Waals surface area contributed by atoms with Gasteiger partial charge in [-0.15, -0.1) is 0 Å². The fraction of sp³-hybridized carbons (Fsp3) is 0. The Morgan fingerprint density at radius 3 is 2.47 bits per heavy atom. The fourth-order valence-corrected chi connectivity index (χ4v) is 1.28. The second kappa shape index (κ2) is 4.42. The quantitative estimate of drug-likeness (QED) is 0.802. The van der Waals surface area contributed by atoms with Crippen LogP contribution in [0.4, 0.5) is 0 Å². The van der Waals surface area contributed by atoms with Gasteiger partial charge in [-0.25, -0.2) is 0 Å². The molecule has 0 bridgehead atoms. The van der Waals surface area contributed by atoms with Gasteiger partial charge in [0.05, 0.1) is 5.69 Å². The maximum absolute atomic E-state index is 9.52. The van der Waals surface area contributed by atoms with Crippen LogP contribution in [-0.4, -0.2) is 10.1 Å². The van der Waals surface area contributed by atoms with Crippen LogP contribution in [0.1, 0.15) is 11.3 Å². The number of rotatable bonds is 2. The molecule has 0 fully saturated rings. The van der Waals surface area contributed by atoms with E-state index in [1.165, 1.54) is 0 Å². The molecule has 74 valence electrons. The second-order valence-electron chi connectivity index (χ2n) is 3.15. The van der Waals surface area contributed by atoms with Crippen LogP contribution in [0.5, 0.6) is 5.75 Å². The highest BCUT2D eigenvalue weighted by atomic mass is 16.3. The molecular weight excluding hydrogens is 186 g/mol. The first-order valence-electron chi connectivity index (χ1n) is 4.73. The minimum atomic E-state index is 0.282. The SMILES string of the molecule is Oc1ccccc1/C=C/c1ccccn1. The minimum absolute atomic E-state index is 0.282. The second-order valence-corrected chi connectivity index (χ2v) is 3.15. The normalized spacial score (nSPS) is 10.7. The van der Waals surface area contributed by atoms with Gasteiger partial charge >= 0.3 is 0 Å². The zero-order valence-electron chi connectivity index (χ0n) is 8.17. The Morgan fingerprint density at radius 1 is 0.933 bits per heavy atom. The van der Waals surface area contributed by atoms with Crippen molar-refractivity contribution in [3.63, 3.8) is 0 Å². The molecule has 1 aromatic heterocycles. The van der Waals surface area contributed by atoms with Crippen molar-refractivity contribution in [3.05, 3.63) is 59.9 Å². The van der Waals surface area contributed by atoms with Crippen LogP contribution in [-0.2, 0) is 0 Å². The van der Waals surface area contributed by atoms with E-state index in [1.54, 1.807) is 18.3 Å². The fourth-order valence-electron chi connectivity index (χ4n) is 1.28. The van der Waals surface area contributed by atoms with Crippen LogP contribution in [0, 0.1) is 0 Å². The first-order valence-corrected chi connectivity index (χ1v) is 4.73. The van der Waals surface area contributed by atoms with Gasteiger partial charge in [-0.2, -0.15) is 0 Å². The molecule has 2 nitrogen and oxygen atoms in total. The monoisotopic (exact) mass is 197 g/mol. The summed E-state index contributed by atoms with van der Waals surface area (Å²) in [5.41, 5.74) is 1.67. The highest BCUT2D eigenvalue weighted by Gasteiger charge is 1.93. The van der Waals surface area contributed by atoms with E-state index in [-0.39, 0.29) is 5.75 Å². The molecule has 2 aromatic rings. The summed E-state index contributed by atoms with van der Waals surface area (Å²) in [5, 5.41) is 9.52. The lowest BCUT2D eigenvalue weighted by Crippen LogP contribution is -1.77. The van der Waals surface area contributed by atoms with Gasteiger partial charge in [0.15, 0.2) is 0 Å². The van der Waals surface area contributed by atoms with Gasteiger partial charge in [0.25, 0.3) is 0 Å². The molecule has 1 heterocycles. The van der Waals surface area contributed by atoms with Crippen LogP contribution < -0.4 is 0 Å². The van der Waals surface area contributed by atoms with Crippen molar-refractivity contribution in [1.82, 2.24) is 4.98 Å². The molecule has 2 heteroatoms. The van der Waals surface area contributed by atoms with Crippen molar-refractivity contribution in [2.45, 2.75) is 0 Å². The molecule has 15 heavy (non-hydrogen) atoms. The maximum atomic E-state index is 9.52. The van der Waals surface area contributed by atoms with Gasteiger partial charge in [0.2, 0.25) is 0 Å². The van der Waals surface area contributed by atoms with Gasteiger partial charge < -0.3 is 5.11 Å². The molecule has 0 saturated heterocycles. The van der Waals surface area contributed by atoms with E-state index in [0.717, 1.165) is 11.3 Å². The summed E-state index contributed by atoms with van der Waals surface area (Å²) in [6.07, 6.45) is 5.46. The van der Waals surface area contributed by atoms with E-state index in [9.17, 15) is 5.11 Å². The van der Waals surface area contributed by atoms with Gasteiger partial charge in [0, 0.05) is 11.8 Å². The lowest BCUT2D eigenvalue weighted by Gasteiger charge is -1.96. The summed E-state index contributed by atoms with van der Waals surface area (Å²) < 4.78 is 0. The number of aromatic hydroxyl groups is 1. The number of phenols is 1. The van der Waals surface area contributed by atoms with E-state index >= 15 is 0 Å². The molecule has 1 N–H and O–H groups in total. The summed E-state index contributed by atoms with van der Waals surface area (Å²) >= 11 is 0. The van der Waals surface area contributed by atoms with Crippen molar-refractivity contribution in [1.29, 1.82) is 0 Å². The predicted octanol–water partition coefficient (Wildman–Crippen LogP) is 2.96. The van der Waals surface area contributed by atoms with Crippen molar-refractivity contribution in [2.24, 2.45) is 0 Å². The van der Waals surface area contributed by atoms with E-state index in [0.29, 0.717) is 0 Å². The average molecular weight is 197 g/mol. The zero-order chi connectivity index (χ0) is 10.5. The van der Waals surface area contributed by atoms with Crippen LogP contribution >= 0.6 is 0 Å². The summed E-state index contributed by atoms with van der Waals surface area (Å²) in [6, 6.07) is 12.9. The smallest absolute Gasteiger partial charge is 0.122 e. The lowest BCUT2D eigenvalue weighted by molar-refractivity contribution is 0.474. The van der Waals surface area contributed by atoms with Crippen LogP contribution in [0.25, 0.3) is 12.2 Å². The summed E-state index contributed by atoms with van der Waals surface area (Å²) in [4.78, 5) is 4.16. The minimum Gasteiger partial charge on any atom is -0.507 e. The van der Waals surface area contributed by atoms with Crippen molar-refractivity contribution in [3.8, 4) is 5.75 Å². The molecule has 0 atom stereocenters. The molecule has 0 amide bonds. The highest BCUT2D eigenvalue weighted by Crippen LogP contribution is 2.17. The largest absolute Gasteiger partial charge is 0.507 e. The number of hydrogen-bond acceptors (Lipinski definition) is 2. The van der Waals surface area contributed by atoms with Gasteiger partial charge in [-0.1, -0.05) is 24.3 Å². The lowest BCUT2D eigenvalue weighted by atomic mass is 10.2. The van der Waals surface area contributed by atoms with Gasteiger partial charge in [-0.3, -0.25) is 4.98 Å². The molecule has 1 aromatic carbocycles. The van der Waals surface area contributed by atoms with Gasteiger partial charge in [0.1, 0.15) is 5.75 Å². The number of hydrogen-bond donors (Lipinski definition) is 1. The third-order valence-corrected chi connectivity index (χ3v) is 2.06. The number of benzene rings is 1. The molecule has 0 unspecified atom stereocenters. The Balaban J connectivity index is 2.23. The number of aromatic nitrogens is 1. The summed E-state index contributed by atoms with van der Waals surface area (Å²) in [6.45, 7) is 0. The van der Waals surface area contributed by atoms with Gasteiger partial charge in [-0.05, 0) is 30.4 Å². The molecule has 0 aliphatic carbocycles. The Morgan fingerprint density at radius 2 is 1.73 bits per heavy atom. The van der Waals surface area contributed by atoms with Crippen LogP contribution in [0.2, 0.25) is 0 Å². The highest BCUT2D eigenvalue weighted by molar-refractivity contribution is 5.70. The molecular formula is C13H11NO. The maximum Gasteiger partial charge on any atom is 0.122 e. The third kappa shape index (κ3) is 2.44. The molecule has 2 rings (SSSR count). The number of nitrogens with zero attached hydrogens (tertiary/aromatic N) is 1. The first kappa shape index (κ1) is 9.46. The first-order chi connectivity index (χ1) is 7.36. The van der Waals surface area contributed by atoms with E-state index in [1.807, 2.05) is 42.5 Å². The van der Waals surface area contributed by atoms with Crippen molar-refractivity contribution < 1.29 is 5.11 Å². The molecule has 0 saturated carbocycles. The number of pyridine rings is 1. The Bertz CT molecular complexity index is 463. The predicted molar refractivity (Wildman–Crippen MR) is 61.3 cm³/mol. The van der Waals surface area contributed by atoms with Crippen LogP contribution in [0.15, 0.2) is 48.7 Å². The van der Waals surface area contributed by atoms with Crippen molar-refractivity contribution >= 4 is 12.2 Å². The van der Waals surface area contributed by atoms with Crippen molar-refractivity contribution in [2.75, 3.05) is 0 Å². The number of phenolic OH excluding ortho intramolecular Hbond substituents is 1. The molecule has 0 aliphatic heterocycles. The molecule has 0 spiro atoms. The van der Waals surface area contributed by atoms with E-state index in [4.69, 9.17) is 0 Å². The van der Waals surface area contributed by atoms with E-state index < -0.39 is 0 Å².